The quantitative estimate of drug-likeness (QED) is 0.354. The van der Waals surface area contributed by atoms with E-state index in [0.29, 0.717) is 36.1 Å². The van der Waals surface area contributed by atoms with Crippen molar-refractivity contribution in [1.82, 2.24) is 24.6 Å². The van der Waals surface area contributed by atoms with Crippen molar-refractivity contribution in [2.75, 3.05) is 6.54 Å². The van der Waals surface area contributed by atoms with E-state index < -0.39 is 0 Å². The molecule has 1 aliphatic rings. The normalized spacial score (nSPS) is 15.1. The van der Waals surface area contributed by atoms with Crippen LogP contribution < -0.4 is 0 Å². The first kappa shape index (κ1) is 21.0. The summed E-state index contributed by atoms with van der Waals surface area (Å²) in [5.41, 5.74) is 4.41. The van der Waals surface area contributed by atoms with Gasteiger partial charge in [-0.15, -0.1) is 10.2 Å². The fourth-order valence-corrected chi connectivity index (χ4v) is 4.54. The summed E-state index contributed by atoms with van der Waals surface area (Å²) in [7, 11) is 0. The van der Waals surface area contributed by atoms with Gasteiger partial charge in [0.2, 0.25) is 5.89 Å². The van der Waals surface area contributed by atoms with Gasteiger partial charge in [-0.1, -0.05) is 60.7 Å². The fourth-order valence-electron chi connectivity index (χ4n) is 4.54. The van der Waals surface area contributed by atoms with E-state index in [1.807, 2.05) is 89.2 Å². The van der Waals surface area contributed by atoms with Gasteiger partial charge in [-0.05, 0) is 42.3 Å². The lowest BCUT2D eigenvalue weighted by molar-refractivity contribution is 0.0638. The number of amides is 1. The highest BCUT2D eigenvalue weighted by molar-refractivity contribution is 5.95. The summed E-state index contributed by atoms with van der Waals surface area (Å²) in [6.07, 6.45) is 1.61. The van der Waals surface area contributed by atoms with Crippen molar-refractivity contribution in [3.8, 4) is 34.1 Å². The van der Waals surface area contributed by atoms with Crippen LogP contribution in [-0.2, 0) is 6.54 Å². The topological polar surface area (TPSA) is 77.1 Å². The highest BCUT2D eigenvalue weighted by Gasteiger charge is 2.32. The molecule has 3 aromatic carbocycles. The van der Waals surface area contributed by atoms with Gasteiger partial charge >= 0.3 is 0 Å². The molecule has 5 aromatic rings. The van der Waals surface area contributed by atoms with Gasteiger partial charge in [0.1, 0.15) is 12.0 Å². The van der Waals surface area contributed by atoms with Crippen LogP contribution in [0.3, 0.4) is 0 Å². The number of rotatable bonds is 4. The summed E-state index contributed by atoms with van der Waals surface area (Å²) in [6.45, 7) is 3.13. The lowest BCUT2D eigenvalue weighted by Crippen LogP contribution is -2.41. The minimum absolute atomic E-state index is 0.0132. The maximum atomic E-state index is 13.3. The predicted molar refractivity (Wildman–Crippen MR) is 132 cm³/mol. The zero-order chi connectivity index (χ0) is 23.8. The van der Waals surface area contributed by atoms with Gasteiger partial charge in [0.25, 0.3) is 5.91 Å². The van der Waals surface area contributed by atoms with E-state index in [1.165, 1.54) is 0 Å². The minimum atomic E-state index is -0.216. The van der Waals surface area contributed by atoms with Crippen molar-refractivity contribution in [2.24, 2.45) is 0 Å². The van der Waals surface area contributed by atoms with Gasteiger partial charge in [-0.2, -0.15) is 0 Å². The molecule has 0 saturated heterocycles. The number of nitrogens with zero attached hydrogens (tertiary/aromatic N) is 5. The molecule has 0 fully saturated rings. The average Bonchev–Trinajstić information content (AvgIpc) is 3.58. The lowest BCUT2D eigenvalue weighted by atomic mass is 10.0. The zero-order valence-electron chi connectivity index (χ0n) is 19.2. The van der Waals surface area contributed by atoms with Crippen LogP contribution in [0, 0.1) is 0 Å². The van der Waals surface area contributed by atoms with Gasteiger partial charge in [-0.3, -0.25) is 4.79 Å². The van der Waals surface area contributed by atoms with Crippen molar-refractivity contribution in [1.29, 1.82) is 0 Å². The standard InChI is InChI=1S/C28H23N5O2/c1-19-25-30-31-26(24-18-35-27(29-24)22-10-6-3-7-11-22)33(25)17-16-32(19)28(34)23-14-12-21(13-15-23)20-8-4-2-5-9-20/h2-15,18-19H,16-17H2,1H3. The first-order valence-corrected chi connectivity index (χ1v) is 11.6. The molecule has 1 aliphatic heterocycles. The molecular formula is C28H23N5O2. The van der Waals surface area contributed by atoms with Crippen LogP contribution in [0.25, 0.3) is 34.1 Å². The number of hydrogen-bond donors (Lipinski definition) is 0. The third-order valence-electron chi connectivity index (χ3n) is 6.44. The molecule has 0 aliphatic carbocycles. The van der Waals surface area contributed by atoms with E-state index in [2.05, 4.69) is 27.3 Å². The Balaban J connectivity index is 1.23. The molecule has 1 unspecified atom stereocenters. The molecule has 0 N–H and O–H groups in total. The van der Waals surface area contributed by atoms with Crippen molar-refractivity contribution >= 4 is 5.91 Å². The summed E-state index contributed by atoms with van der Waals surface area (Å²) in [5.74, 6) is 1.92. The van der Waals surface area contributed by atoms with E-state index in [9.17, 15) is 4.79 Å². The van der Waals surface area contributed by atoms with Crippen molar-refractivity contribution in [3.05, 3.63) is 103 Å². The number of carbonyl (C=O) groups is 1. The molecule has 1 atom stereocenters. The van der Waals surface area contributed by atoms with Crippen LogP contribution >= 0.6 is 0 Å². The highest BCUT2D eigenvalue weighted by atomic mass is 16.3. The third-order valence-corrected chi connectivity index (χ3v) is 6.44. The SMILES string of the molecule is CC1c2nnc(-c3coc(-c4ccccc4)n3)n2CCN1C(=O)c1ccc(-c2ccccc2)cc1. The van der Waals surface area contributed by atoms with Gasteiger partial charge in [0, 0.05) is 24.2 Å². The summed E-state index contributed by atoms with van der Waals surface area (Å²) < 4.78 is 7.72. The van der Waals surface area contributed by atoms with Gasteiger partial charge in [0.15, 0.2) is 11.6 Å². The van der Waals surface area contributed by atoms with Crippen LogP contribution in [0.4, 0.5) is 0 Å². The van der Waals surface area contributed by atoms with Gasteiger partial charge in [-0.25, -0.2) is 4.98 Å². The Morgan fingerprint density at radius 2 is 1.49 bits per heavy atom. The Morgan fingerprint density at radius 1 is 0.829 bits per heavy atom. The van der Waals surface area contributed by atoms with Crippen molar-refractivity contribution in [2.45, 2.75) is 19.5 Å². The molecule has 0 radical (unpaired) electrons. The van der Waals surface area contributed by atoms with Crippen LogP contribution in [0.1, 0.15) is 29.1 Å². The van der Waals surface area contributed by atoms with Crippen molar-refractivity contribution < 1.29 is 9.21 Å². The molecule has 6 rings (SSSR count). The van der Waals surface area contributed by atoms with Crippen molar-refractivity contribution in [3.63, 3.8) is 0 Å². The molecule has 1 amide bonds. The second-order valence-corrected chi connectivity index (χ2v) is 8.56. The number of fused-ring (bicyclic) bond motifs is 1. The molecule has 35 heavy (non-hydrogen) atoms. The first-order chi connectivity index (χ1) is 17.2. The highest BCUT2D eigenvalue weighted by Crippen LogP contribution is 2.31. The molecular weight excluding hydrogens is 438 g/mol. The van der Waals surface area contributed by atoms with Crippen LogP contribution in [0.5, 0.6) is 0 Å². The second-order valence-electron chi connectivity index (χ2n) is 8.56. The summed E-state index contributed by atoms with van der Waals surface area (Å²) in [6, 6.07) is 27.4. The number of hydrogen-bond acceptors (Lipinski definition) is 5. The number of benzene rings is 3. The second kappa shape index (κ2) is 8.68. The fraction of sp³-hybridized carbons (Fsp3) is 0.143. The Labute approximate surface area is 202 Å². The molecule has 3 heterocycles. The Hall–Kier alpha value is -4.52. The van der Waals surface area contributed by atoms with Gasteiger partial charge < -0.3 is 13.9 Å². The molecule has 172 valence electrons. The zero-order valence-corrected chi connectivity index (χ0v) is 19.2. The Morgan fingerprint density at radius 3 is 2.20 bits per heavy atom. The first-order valence-electron chi connectivity index (χ1n) is 11.6. The predicted octanol–water partition coefficient (Wildman–Crippen LogP) is 5.48. The third kappa shape index (κ3) is 3.81. The van der Waals surface area contributed by atoms with E-state index in [1.54, 1.807) is 6.26 Å². The van der Waals surface area contributed by atoms with Crippen LogP contribution in [-0.4, -0.2) is 37.1 Å². The van der Waals surface area contributed by atoms with Crippen LogP contribution in [0.15, 0.2) is 95.6 Å². The Bertz CT molecular complexity index is 1470. The lowest BCUT2D eigenvalue weighted by Gasteiger charge is -2.33. The van der Waals surface area contributed by atoms with E-state index in [0.717, 1.165) is 22.5 Å². The smallest absolute Gasteiger partial charge is 0.254 e. The summed E-state index contributed by atoms with van der Waals surface area (Å²) in [4.78, 5) is 19.8. The summed E-state index contributed by atoms with van der Waals surface area (Å²) >= 11 is 0. The molecule has 0 spiro atoms. The summed E-state index contributed by atoms with van der Waals surface area (Å²) in [5, 5.41) is 8.80. The maximum Gasteiger partial charge on any atom is 0.254 e. The molecule has 7 nitrogen and oxygen atoms in total. The molecule has 0 saturated carbocycles. The monoisotopic (exact) mass is 461 g/mol. The average molecular weight is 462 g/mol. The van der Waals surface area contributed by atoms with Gasteiger partial charge in [0.05, 0.1) is 6.04 Å². The largest absolute Gasteiger partial charge is 0.444 e. The number of carbonyl (C=O) groups excluding carboxylic acids is 1. The minimum Gasteiger partial charge on any atom is -0.444 e. The van der Waals surface area contributed by atoms with E-state index in [-0.39, 0.29) is 11.9 Å². The van der Waals surface area contributed by atoms with E-state index in [4.69, 9.17) is 4.42 Å². The molecule has 2 aromatic heterocycles. The Kier molecular flexibility index (Phi) is 5.22. The molecule has 0 bridgehead atoms. The maximum absolute atomic E-state index is 13.3. The van der Waals surface area contributed by atoms with Crippen LogP contribution in [0.2, 0.25) is 0 Å². The molecule has 7 heteroatoms. The number of oxazole rings is 1. The number of aromatic nitrogens is 4. The van der Waals surface area contributed by atoms with E-state index >= 15 is 0 Å².